The van der Waals surface area contributed by atoms with Crippen LogP contribution >= 0.6 is 22.6 Å². The van der Waals surface area contributed by atoms with E-state index in [-0.39, 0.29) is 17.7 Å². The number of hydrogen-bond acceptors (Lipinski definition) is 6. The van der Waals surface area contributed by atoms with Gasteiger partial charge in [-0.25, -0.2) is 0 Å². The van der Waals surface area contributed by atoms with Crippen molar-refractivity contribution in [3.05, 3.63) is 111 Å². The quantitative estimate of drug-likeness (QED) is 0.248. The number of fused-ring (bicyclic) bond motifs is 2. The summed E-state index contributed by atoms with van der Waals surface area (Å²) in [4.78, 5) is 16.3. The minimum Gasteiger partial charge on any atom is -0.390 e. The first-order valence-corrected chi connectivity index (χ1v) is 15.4. The summed E-state index contributed by atoms with van der Waals surface area (Å²) >= 11 is 2.28. The molecule has 1 saturated heterocycles. The van der Waals surface area contributed by atoms with Crippen molar-refractivity contribution >= 4 is 34.2 Å². The molecule has 42 heavy (non-hydrogen) atoms. The van der Waals surface area contributed by atoms with Gasteiger partial charge in [0, 0.05) is 27.5 Å². The number of halogens is 1. The topological polar surface area (TPSA) is 101 Å². The number of amides is 1. The number of nitrogens with zero attached hydrogens (tertiary/aromatic N) is 4. The van der Waals surface area contributed by atoms with Gasteiger partial charge >= 0.3 is 0 Å². The maximum Gasteiger partial charge on any atom is 0.264 e. The van der Waals surface area contributed by atoms with Crippen molar-refractivity contribution in [1.29, 1.82) is 0 Å². The summed E-state index contributed by atoms with van der Waals surface area (Å²) in [5, 5.41) is 30.6. The van der Waals surface area contributed by atoms with Crippen LogP contribution in [-0.4, -0.2) is 42.8 Å². The Morgan fingerprint density at radius 3 is 2.45 bits per heavy atom. The summed E-state index contributed by atoms with van der Waals surface area (Å²) in [5.74, 6) is -0.699. The maximum atomic E-state index is 14.4. The number of ether oxygens (including phenoxy) is 1. The number of aliphatic hydroxyl groups is 2. The molecule has 1 aromatic heterocycles. The Hall–Kier alpha value is -3.12. The normalized spacial score (nSPS) is 24.4. The Labute approximate surface area is 259 Å². The van der Waals surface area contributed by atoms with Gasteiger partial charge in [0.2, 0.25) is 0 Å². The predicted molar refractivity (Wildman–Crippen MR) is 167 cm³/mol. The van der Waals surface area contributed by atoms with E-state index in [4.69, 9.17) is 4.74 Å². The summed E-state index contributed by atoms with van der Waals surface area (Å²) in [6.07, 6.45) is 0.963. The van der Waals surface area contributed by atoms with E-state index in [1.807, 2.05) is 90.7 Å². The van der Waals surface area contributed by atoms with Gasteiger partial charge < -0.3 is 19.8 Å². The molecule has 6 rings (SSSR count). The Morgan fingerprint density at radius 1 is 1.05 bits per heavy atom. The lowest BCUT2D eigenvalue weighted by atomic mass is 9.71. The summed E-state index contributed by atoms with van der Waals surface area (Å²) in [5.41, 5.74) is 1.64. The summed E-state index contributed by atoms with van der Waals surface area (Å²) in [6, 6.07) is 25.4. The predicted octanol–water partition coefficient (Wildman–Crippen LogP) is 5.22. The minimum atomic E-state index is -1.20. The van der Waals surface area contributed by atoms with Crippen molar-refractivity contribution in [3.8, 4) is 0 Å². The molecule has 0 aliphatic carbocycles. The monoisotopic (exact) mass is 678 g/mol. The van der Waals surface area contributed by atoms with E-state index < -0.39 is 23.4 Å². The third-order valence-electron chi connectivity index (χ3n) is 8.74. The second-order valence-corrected chi connectivity index (χ2v) is 13.1. The molecule has 1 amide bonds. The van der Waals surface area contributed by atoms with Crippen LogP contribution in [0.4, 0.5) is 5.69 Å². The lowest BCUT2D eigenvalue weighted by molar-refractivity contribution is -0.146. The van der Waals surface area contributed by atoms with Crippen molar-refractivity contribution in [3.63, 3.8) is 0 Å². The van der Waals surface area contributed by atoms with Crippen LogP contribution in [0.3, 0.4) is 0 Å². The third-order valence-corrected chi connectivity index (χ3v) is 9.46. The highest BCUT2D eigenvalue weighted by atomic mass is 127. The number of aromatic nitrogens is 3. The summed E-state index contributed by atoms with van der Waals surface area (Å²) in [6.45, 7) is 6.50. The number of para-hydroxylation sites is 1. The first-order chi connectivity index (χ1) is 20.1. The maximum absolute atomic E-state index is 14.4. The number of hydrogen-bond donors (Lipinski definition) is 2. The zero-order valence-electron chi connectivity index (χ0n) is 23.9. The third kappa shape index (κ3) is 5.06. The average molecular weight is 679 g/mol. The van der Waals surface area contributed by atoms with Gasteiger partial charge in [-0.3, -0.25) is 9.48 Å². The van der Waals surface area contributed by atoms with Crippen LogP contribution in [-0.2, 0) is 28.2 Å². The fourth-order valence-corrected chi connectivity index (χ4v) is 7.20. The first-order valence-electron chi connectivity index (χ1n) is 14.3. The van der Waals surface area contributed by atoms with E-state index in [0.717, 1.165) is 25.9 Å². The molecule has 9 heteroatoms. The highest BCUT2D eigenvalue weighted by Crippen LogP contribution is 2.57. The molecule has 0 bridgehead atoms. The van der Waals surface area contributed by atoms with E-state index in [0.29, 0.717) is 25.2 Å². The van der Waals surface area contributed by atoms with Crippen molar-refractivity contribution in [2.75, 3.05) is 4.90 Å². The van der Waals surface area contributed by atoms with Gasteiger partial charge in [-0.15, -0.1) is 5.10 Å². The highest BCUT2D eigenvalue weighted by molar-refractivity contribution is 14.1. The zero-order valence-corrected chi connectivity index (χ0v) is 26.0. The molecule has 3 aromatic carbocycles. The largest absolute Gasteiger partial charge is 0.390 e. The molecule has 2 aliphatic heterocycles. The number of aryl methyl sites for hydroxylation is 1. The van der Waals surface area contributed by atoms with Gasteiger partial charge in [-0.2, -0.15) is 0 Å². The number of carbonyl (C=O) groups is 1. The molecule has 5 atom stereocenters. The Bertz CT molecular complexity index is 1570. The molecule has 218 valence electrons. The molecule has 3 heterocycles. The van der Waals surface area contributed by atoms with E-state index in [1.165, 1.54) is 0 Å². The average Bonchev–Trinajstić information content (AvgIpc) is 3.64. The Kier molecular flexibility index (Phi) is 7.71. The minimum absolute atomic E-state index is 0.0967. The van der Waals surface area contributed by atoms with Crippen molar-refractivity contribution in [2.24, 2.45) is 11.8 Å². The van der Waals surface area contributed by atoms with Crippen LogP contribution in [0.1, 0.15) is 55.7 Å². The van der Waals surface area contributed by atoms with Crippen LogP contribution in [0.2, 0.25) is 0 Å². The highest BCUT2D eigenvalue weighted by Gasteiger charge is 2.65. The number of rotatable bonds is 8. The molecule has 8 nitrogen and oxygen atoms in total. The van der Waals surface area contributed by atoms with E-state index in [9.17, 15) is 15.0 Å². The van der Waals surface area contributed by atoms with Gasteiger partial charge in [0.15, 0.2) is 5.60 Å². The molecule has 1 fully saturated rings. The van der Waals surface area contributed by atoms with Gasteiger partial charge in [0.05, 0.1) is 30.1 Å². The van der Waals surface area contributed by atoms with Crippen LogP contribution < -0.4 is 4.90 Å². The van der Waals surface area contributed by atoms with Crippen LogP contribution in [0, 0.1) is 15.4 Å². The fraction of sp³-hybridized carbons (Fsp3) is 0.364. The SMILES string of the molecule is C[C@H]1[C@H](C(C)(C)O)[C@@H](CCn2cc([C@H](O)c3ccccc3)nn2)O[C@]12C(=O)N(Cc1ccc(I)cc1)c1ccccc12. The fourth-order valence-electron chi connectivity index (χ4n) is 6.84. The molecule has 1 spiro atoms. The second kappa shape index (κ2) is 11.2. The molecule has 4 aromatic rings. The smallest absolute Gasteiger partial charge is 0.264 e. The Balaban J connectivity index is 1.27. The summed E-state index contributed by atoms with van der Waals surface area (Å²) in [7, 11) is 0. The number of benzene rings is 3. The summed E-state index contributed by atoms with van der Waals surface area (Å²) < 4.78 is 9.70. The molecule has 0 radical (unpaired) electrons. The van der Waals surface area contributed by atoms with Crippen LogP contribution in [0.15, 0.2) is 85.1 Å². The van der Waals surface area contributed by atoms with Gasteiger partial charge in [-0.1, -0.05) is 72.8 Å². The van der Waals surface area contributed by atoms with Crippen molar-refractivity contribution in [1.82, 2.24) is 15.0 Å². The number of aliphatic hydroxyl groups excluding tert-OH is 1. The lowest BCUT2D eigenvalue weighted by Crippen LogP contribution is -2.46. The zero-order chi connectivity index (χ0) is 29.6. The standard InChI is InChI=1S/C33H35IN4O4/c1-21-29(32(2,3)41)28(17-18-37-20-26(35-36-37)30(39)23-9-5-4-6-10-23)42-33(21)25-11-7-8-12-27(25)38(31(33)40)19-22-13-15-24(34)16-14-22/h4-16,20-21,28-30,39,41H,17-19H2,1-3H3/t21-,28+,29-,30+,33+/m0/s1. The van der Waals surface area contributed by atoms with E-state index in [1.54, 1.807) is 24.7 Å². The van der Waals surface area contributed by atoms with E-state index in [2.05, 4.69) is 32.9 Å². The van der Waals surface area contributed by atoms with Crippen LogP contribution in [0.5, 0.6) is 0 Å². The number of anilines is 1. The van der Waals surface area contributed by atoms with E-state index >= 15 is 0 Å². The van der Waals surface area contributed by atoms with Crippen molar-refractivity contribution in [2.45, 2.75) is 63.7 Å². The molecule has 0 saturated carbocycles. The molecule has 0 unspecified atom stereocenters. The lowest BCUT2D eigenvalue weighted by Gasteiger charge is -2.34. The molecule has 2 N–H and O–H groups in total. The van der Waals surface area contributed by atoms with Crippen molar-refractivity contribution < 1.29 is 19.7 Å². The first kappa shape index (κ1) is 29.0. The van der Waals surface area contributed by atoms with Crippen LogP contribution in [0.25, 0.3) is 0 Å². The Morgan fingerprint density at radius 2 is 1.74 bits per heavy atom. The van der Waals surface area contributed by atoms with Gasteiger partial charge in [0.25, 0.3) is 5.91 Å². The second-order valence-electron chi connectivity index (χ2n) is 11.9. The molecular formula is C33H35IN4O4. The van der Waals surface area contributed by atoms with Gasteiger partial charge in [0.1, 0.15) is 11.8 Å². The van der Waals surface area contributed by atoms with Gasteiger partial charge in [-0.05, 0) is 72.2 Å². The number of carbonyl (C=O) groups excluding carboxylic acids is 1. The molecule has 2 aliphatic rings. The molecular weight excluding hydrogens is 643 g/mol.